The van der Waals surface area contributed by atoms with Crippen molar-refractivity contribution < 1.29 is 0 Å². The summed E-state index contributed by atoms with van der Waals surface area (Å²) < 4.78 is 1.97. The minimum absolute atomic E-state index is 0. The van der Waals surface area contributed by atoms with Gasteiger partial charge in [0.25, 0.3) is 0 Å². The summed E-state index contributed by atoms with van der Waals surface area (Å²) in [4.78, 5) is 4.65. The van der Waals surface area contributed by atoms with Gasteiger partial charge in [-0.1, -0.05) is 30.3 Å². The zero-order valence-corrected chi connectivity index (χ0v) is 17.0. The second-order valence-electron chi connectivity index (χ2n) is 5.67. The van der Waals surface area contributed by atoms with Crippen LogP contribution in [0.2, 0.25) is 0 Å². The molecule has 0 saturated carbocycles. The van der Waals surface area contributed by atoms with Gasteiger partial charge in [-0.2, -0.15) is 5.10 Å². The molecule has 0 fully saturated rings. The number of nitrogens with zero attached hydrogens (tertiary/aromatic N) is 3. The van der Waals surface area contributed by atoms with Gasteiger partial charge < -0.3 is 10.6 Å². The molecule has 2 rings (SSSR count). The molecule has 0 amide bonds. The average Bonchev–Trinajstić information content (AvgIpc) is 2.98. The lowest BCUT2D eigenvalue weighted by Crippen LogP contribution is -2.38. The summed E-state index contributed by atoms with van der Waals surface area (Å²) in [5, 5.41) is 11.0. The van der Waals surface area contributed by atoms with Gasteiger partial charge in [0, 0.05) is 25.8 Å². The fourth-order valence-electron chi connectivity index (χ4n) is 2.36. The van der Waals surface area contributed by atoms with Crippen molar-refractivity contribution in [2.24, 2.45) is 4.99 Å². The summed E-state index contributed by atoms with van der Waals surface area (Å²) in [5.74, 6) is 0.862. The zero-order chi connectivity index (χ0) is 16.5. The highest BCUT2D eigenvalue weighted by atomic mass is 127. The Kier molecular flexibility index (Phi) is 9.44. The van der Waals surface area contributed by atoms with E-state index in [0.29, 0.717) is 0 Å². The van der Waals surface area contributed by atoms with E-state index in [4.69, 9.17) is 0 Å². The van der Waals surface area contributed by atoms with Gasteiger partial charge in [0.15, 0.2) is 5.96 Å². The minimum Gasteiger partial charge on any atom is -0.357 e. The molecule has 0 aliphatic rings. The van der Waals surface area contributed by atoms with E-state index >= 15 is 0 Å². The van der Waals surface area contributed by atoms with Crippen LogP contribution >= 0.6 is 24.0 Å². The number of aryl methyl sites for hydroxylation is 2. The molecule has 2 aromatic rings. The third-order valence-electron chi connectivity index (χ3n) is 3.57. The molecule has 0 aliphatic carbocycles. The number of nitrogens with one attached hydrogen (secondary N) is 2. The van der Waals surface area contributed by atoms with Crippen molar-refractivity contribution in [2.75, 3.05) is 13.1 Å². The molecule has 2 N–H and O–H groups in total. The first-order chi connectivity index (χ1) is 11.2. The van der Waals surface area contributed by atoms with E-state index < -0.39 is 0 Å². The molecule has 0 aliphatic heterocycles. The monoisotopic (exact) mass is 441 g/mol. The maximum Gasteiger partial charge on any atom is 0.191 e. The van der Waals surface area contributed by atoms with Crippen LogP contribution in [0.4, 0.5) is 0 Å². The molecule has 0 spiro atoms. The van der Waals surface area contributed by atoms with E-state index in [1.165, 1.54) is 11.1 Å². The molecule has 1 unspecified atom stereocenters. The molecule has 6 heteroatoms. The van der Waals surface area contributed by atoms with Crippen molar-refractivity contribution in [1.29, 1.82) is 0 Å². The van der Waals surface area contributed by atoms with Gasteiger partial charge in [-0.05, 0) is 38.3 Å². The third kappa shape index (κ3) is 6.90. The predicted octanol–water partition coefficient (Wildman–Crippen LogP) is 3.52. The first-order valence-corrected chi connectivity index (χ1v) is 8.28. The second kappa shape index (κ2) is 11.1. The van der Waals surface area contributed by atoms with Crippen LogP contribution < -0.4 is 10.6 Å². The van der Waals surface area contributed by atoms with Crippen LogP contribution in [-0.2, 0) is 6.54 Å². The van der Waals surface area contributed by atoms with Crippen LogP contribution in [0, 0.1) is 6.92 Å². The molecular formula is C18H28IN5. The van der Waals surface area contributed by atoms with E-state index in [1.54, 1.807) is 0 Å². The highest BCUT2D eigenvalue weighted by Crippen LogP contribution is 2.10. The first kappa shape index (κ1) is 20.5. The van der Waals surface area contributed by atoms with Crippen molar-refractivity contribution >= 4 is 29.9 Å². The van der Waals surface area contributed by atoms with Gasteiger partial charge >= 0.3 is 0 Å². The first-order valence-electron chi connectivity index (χ1n) is 8.28. The molecule has 0 saturated heterocycles. The van der Waals surface area contributed by atoms with Crippen LogP contribution in [0.3, 0.4) is 0 Å². The molecule has 1 heterocycles. The third-order valence-corrected chi connectivity index (χ3v) is 3.57. The molecule has 1 aromatic heterocycles. The van der Waals surface area contributed by atoms with E-state index in [2.05, 4.69) is 72.0 Å². The van der Waals surface area contributed by atoms with Gasteiger partial charge in [-0.25, -0.2) is 0 Å². The van der Waals surface area contributed by atoms with Gasteiger partial charge in [0.05, 0.1) is 12.2 Å². The number of benzene rings is 1. The maximum absolute atomic E-state index is 4.65. The number of aromatic nitrogens is 2. The average molecular weight is 441 g/mol. The van der Waals surface area contributed by atoms with Crippen LogP contribution in [0.1, 0.15) is 37.4 Å². The molecular weight excluding hydrogens is 413 g/mol. The summed E-state index contributed by atoms with van der Waals surface area (Å²) in [6.07, 6.45) is 4.92. The van der Waals surface area contributed by atoms with E-state index in [1.807, 2.05) is 16.9 Å². The predicted molar refractivity (Wildman–Crippen MR) is 111 cm³/mol. The van der Waals surface area contributed by atoms with Gasteiger partial charge in [-0.3, -0.25) is 9.67 Å². The number of hydrogen-bond donors (Lipinski definition) is 2. The number of rotatable bonds is 7. The Hall–Kier alpha value is -1.57. The van der Waals surface area contributed by atoms with Crippen molar-refractivity contribution in [3.8, 4) is 0 Å². The van der Waals surface area contributed by atoms with Gasteiger partial charge in [0.2, 0.25) is 0 Å². The Morgan fingerprint density at radius 1 is 1.29 bits per heavy atom. The Balaban J connectivity index is 0.00000288. The number of guanidine groups is 1. The Bertz CT molecular complexity index is 609. The van der Waals surface area contributed by atoms with Crippen LogP contribution in [-0.4, -0.2) is 28.8 Å². The molecule has 0 bridgehead atoms. The Labute approximate surface area is 162 Å². The summed E-state index contributed by atoms with van der Waals surface area (Å²) >= 11 is 0. The maximum atomic E-state index is 4.65. The summed E-state index contributed by atoms with van der Waals surface area (Å²) in [5.41, 5.74) is 2.45. The SMILES string of the molecule is CCNC(=NCCCn1cc(C)cn1)NC(C)c1ccccc1.I. The molecule has 1 atom stereocenters. The van der Waals surface area contributed by atoms with E-state index in [-0.39, 0.29) is 30.0 Å². The highest BCUT2D eigenvalue weighted by molar-refractivity contribution is 14.0. The van der Waals surface area contributed by atoms with Gasteiger partial charge in [-0.15, -0.1) is 24.0 Å². The smallest absolute Gasteiger partial charge is 0.191 e. The molecule has 132 valence electrons. The molecule has 0 radical (unpaired) electrons. The quantitative estimate of drug-likeness (QED) is 0.299. The molecule has 1 aromatic carbocycles. The minimum atomic E-state index is 0. The Morgan fingerprint density at radius 2 is 2.04 bits per heavy atom. The number of aliphatic imine (C=N–C) groups is 1. The van der Waals surface area contributed by atoms with E-state index in [0.717, 1.165) is 32.0 Å². The van der Waals surface area contributed by atoms with Crippen molar-refractivity contribution in [2.45, 2.75) is 39.8 Å². The fourth-order valence-corrected chi connectivity index (χ4v) is 2.36. The normalized spacial score (nSPS) is 12.4. The summed E-state index contributed by atoms with van der Waals surface area (Å²) in [7, 11) is 0. The fraction of sp³-hybridized carbons (Fsp3) is 0.444. The van der Waals surface area contributed by atoms with Crippen LogP contribution in [0.15, 0.2) is 47.7 Å². The zero-order valence-electron chi connectivity index (χ0n) is 14.7. The van der Waals surface area contributed by atoms with Crippen molar-refractivity contribution in [1.82, 2.24) is 20.4 Å². The van der Waals surface area contributed by atoms with Crippen LogP contribution in [0.25, 0.3) is 0 Å². The topological polar surface area (TPSA) is 54.2 Å². The standard InChI is InChI=1S/C18H27N5.HI/c1-4-19-18(22-16(3)17-9-6-5-7-10-17)20-11-8-12-23-14-15(2)13-21-23;/h5-7,9-10,13-14,16H,4,8,11-12H2,1-3H3,(H2,19,20,22);1H. The van der Waals surface area contributed by atoms with Crippen molar-refractivity contribution in [3.63, 3.8) is 0 Å². The lowest BCUT2D eigenvalue weighted by atomic mass is 10.1. The highest BCUT2D eigenvalue weighted by Gasteiger charge is 2.06. The van der Waals surface area contributed by atoms with E-state index in [9.17, 15) is 0 Å². The molecule has 24 heavy (non-hydrogen) atoms. The summed E-state index contributed by atoms with van der Waals surface area (Å²) in [6, 6.07) is 10.6. The number of halogens is 1. The lowest BCUT2D eigenvalue weighted by molar-refractivity contribution is 0.582. The second-order valence-corrected chi connectivity index (χ2v) is 5.67. The van der Waals surface area contributed by atoms with Crippen LogP contribution in [0.5, 0.6) is 0 Å². The largest absolute Gasteiger partial charge is 0.357 e. The molecule has 5 nitrogen and oxygen atoms in total. The lowest BCUT2D eigenvalue weighted by Gasteiger charge is -2.18. The van der Waals surface area contributed by atoms with Crippen molar-refractivity contribution in [3.05, 3.63) is 53.9 Å². The Morgan fingerprint density at radius 3 is 2.67 bits per heavy atom. The van der Waals surface area contributed by atoms with Gasteiger partial charge in [0.1, 0.15) is 0 Å². The summed E-state index contributed by atoms with van der Waals surface area (Å²) in [6.45, 7) is 8.80. The number of hydrogen-bond acceptors (Lipinski definition) is 2.